The van der Waals surface area contributed by atoms with Crippen LogP contribution in [0.25, 0.3) is 0 Å². The molecule has 128 valence electrons. The zero-order valence-corrected chi connectivity index (χ0v) is 16.5. The van der Waals surface area contributed by atoms with Crippen molar-refractivity contribution in [1.82, 2.24) is 10.2 Å². The molecular weight excluding hydrogens is 401 g/mol. The Labute approximate surface area is 156 Å². The van der Waals surface area contributed by atoms with Crippen LogP contribution in [0.15, 0.2) is 29.3 Å². The summed E-state index contributed by atoms with van der Waals surface area (Å²) in [5.74, 6) is 1.96. The number of nitrogens with one attached hydrogen (secondary N) is 1. The fourth-order valence-corrected chi connectivity index (χ4v) is 3.56. The summed E-state index contributed by atoms with van der Waals surface area (Å²) in [7, 11) is 1.70. The minimum atomic E-state index is 0. The number of guanidine groups is 1. The van der Waals surface area contributed by atoms with Gasteiger partial charge in [0.2, 0.25) is 0 Å². The third-order valence-corrected chi connectivity index (χ3v) is 5.03. The van der Waals surface area contributed by atoms with Gasteiger partial charge in [0.25, 0.3) is 0 Å². The van der Waals surface area contributed by atoms with E-state index >= 15 is 0 Å². The molecule has 1 aromatic rings. The summed E-state index contributed by atoms with van der Waals surface area (Å²) in [6, 6.07) is 8.16. The molecule has 0 aromatic heterocycles. The lowest BCUT2D eigenvalue weighted by atomic mass is 9.68. The lowest BCUT2D eigenvalue weighted by Gasteiger charge is -2.38. The largest absolute Gasteiger partial charge is 0.497 e. The number of methoxy groups -OCH3 is 1. The van der Waals surface area contributed by atoms with Crippen LogP contribution >= 0.6 is 24.0 Å². The Kier molecular flexibility index (Phi) is 6.56. The fraction of sp³-hybridized carbons (Fsp3) is 0.611. The lowest BCUT2D eigenvalue weighted by molar-refractivity contribution is 0.151. The second kappa shape index (κ2) is 8.22. The molecule has 1 saturated carbocycles. The van der Waals surface area contributed by atoms with E-state index in [4.69, 9.17) is 9.73 Å². The van der Waals surface area contributed by atoms with Crippen molar-refractivity contribution in [2.45, 2.75) is 39.2 Å². The highest BCUT2D eigenvalue weighted by molar-refractivity contribution is 14.0. The van der Waals surface area contributed by atoms with Gasteiger partial charge in [0, 0.05) is 19.6 Å². The first-order valence-electron chi connectivity index (χ1n) is 8.41. The van der Waals surface area contributed by atoms with Gasteiger partial charge in [0.15, 0.2) is 5.96 Å². The van der Waals surface area contributed by atoms with Crippen molar-refractivity contribution in [3.05, 3.63) is 29.8 Å². The molecule has 1 N–H and O–H groups in total. The maximum absolute atomic E-state index is 5.28. The zero-order valence-electron chi connectivity index (χ0n) is 14.2. The number of likely N-dealkylation sites (tertiary alicyclic amines) is 1. The average molecular weight is 429 g/mol. The first-order valence-corrected chi connectivity index (χ1v) is 8.41. The quantitative estimate of drug-likeness (QED) is 0.451. The number of hydrogen-bond donors (Lipinski definition) is 1. The fourth-order valence-electron chi connectivity index (χ4n) is 3.56. The predicted molar refractivity (Wildman–Crippen MR) is 106 cm³/mol. The van der Waals surface area contributed by atoms with E-state index < -0.39 is 0 Å². The van der Waals surface area contributed by atoms with E-state index in [1.165, 1.54) is 37.8 Å². The van der Waals surface area contributed by atoms with Gasteiger partial charge in [-0.1, -0.05) is 18.6 Å². The number of hydrogen-bond acceptors (Lipinski definition) is 2. The predicted octanol–water partition coefficient (Wildman–Crippen LogP) is 3.65. The van der Waals surface area contributed by atoms with Gasteiger partial charge in [-0.25, -0.2) is 4.99 Å². The van der Waals surface area contributed by atoms with Crippen molar-refractivity contribution in [2.75, 3.05) is 26.7 Å². The van der Waals surface area contributed by atoms with E-state index in [1.807, 2.05) is 12.1 Å². The second-order valence-corrected chi connectivity index (χ2v) is 6.55. The molecule has 23 heavy (non-hydrogen) atoms. The van der Waals surface area contributed by atoms with Crippen LogP contribution in [0.2, 0.25) is 0 Å². The molecule has 1 saturated heterocycles. The average Bonchev–Trinajstić information content (AvgIpc) is 2.97. The molecule has 0 radical (unpaired) electrons. The van der Waals surface area contributed by atoms with Gasteiger partial charge in [-0.15, -0.1) is 24.0 Å². The smallest absolute Gasteiger partial charge is 0.194 e. The Morgan fingerprint density at radius 3 is 2.78 bits per heavy atom. The third-order valence-electron chi connectivity index (χ3n) is 5.03. The summed E-state index contributed by atoms with van der Waals surface area (Å²) in [6.07, 6.45) is 5.54. The number of nitrogens with zero attached hydrogens (tertiary/aromatic N) is 2. The number of ether oxygens (including phenoxy) is 1. The van der Waals surface area contributed by atoms with Crippen molar-refractivity contribution in [3.8, 4) is 5.75 Å². The molecule has 0 atom stereocenters. The standard InChI is InChI=1S/C18H27N3O.HI/c1-3-19-17(21-11-10-18(14-21)8-5-9-18)20-13-15-6-4-7-16(12-15)22-2;/h4,6-7,12H,3,5,8-11,13-14H2,1-2H3,(H,19,20);1H. The Hall–Kier alpha value is -0.980. The van der Waals surface area contributed by atoms with Crippen LogP contribution in [-0.2, 0) is 6.54 Å². The second-order valence-electron chi connectivity index (χ2n) is 6.55. The maximum Gasteiger partial charge on any atom is 0.194 e. The van der Waals surface area contributed by atoms with E-state index in [2.05, 4.69) is 29.3 Å². The molecule has 1 aromatic carbocycles. The van der Waals surface area contributed by atoms with Gasteiger partial charge in [-0.2, -0.15) is 0 Å². The summed E-state index contributed by atoms with van der Waals surface area (Å²) < 4.78 is 5.28. The van der Waals surface area contributed by atoms with Crippen molar-refractivity contribution in [3.63, 3.8) is 0 Å². The van der Waals surface area contributed by atoms with Crippen LogP contribution in [0.5, 0.6) is 5.75 Å². The topological polar surface area (TPSA) is 36.9 Å². The highest BCUT2D eigenvalue weighted by Gasteiger charge is 2.43. The van der Waals surface area contributed by atoms with Crippen molar-refractivity contribution < 1.29 is 4.74 Å². The highest BCUT2D eigenvalue weighted by Crippen LogP contribution is 2.47. The summed E-state index contributed by atoms with van der Waals surface area (Å²) in [6.45, 7) is 6.07. The summed E-state index contributed by atoms with van der Waals surface area (Å²) in [5, 5.41) is 3.45. The molecule has 1 spiro atoms. The molecule has 3 rings (SSSR count). The van der Waals surface area contributed by atoms with Crippen LogP contribution < -0.4 is 10.1 Å². The Morgan fingerprint density at radius 1 is 1.35 bits per heavy atom. The SMILES string of the molecule is CCNC(=NCc1cccc(OC)c1)N1CCC2(CCC2)C1.I. The monoisotopic (exact) mass is 429 g/mol. The van der Waals surface area contributed by atoms with Crippen LogP contribution in [0.1, 0.15) is 38.2 Å². The van der Waals surface area contributed by atoms with Gasteiger partial charge in [-0.3, -0.25) is 0 Å². The number of aliphatic imine (C=N–C) groups is 1. The van der Waals surface area contributed by atoms with Gasteiger partial charge in [-0.05, 0) is 49.3 Å². The van der Waals surface area contributed by atoms with Crippen molar-refractivity contribution >= 4 is 29.9 Å². The molecule has 1 aliphatic heterocycles. The molecule has 1 heterocycles. The van der Waals surface area contributed by atoms with E-state index in [0.717, 1.165) is 24.8 Å². The van der Waals surface area contributed by atoms with E-state index in [1.54, 1.807) is 7.11 Å². The van der Waals surface area contributed by atoms with Gasteiger partial charge < -0.3 is 15.0 Å². The molecule has 4 nitrogen and oxygen atoms in total. The molecule has 0 unspecified atom stereocenters. The highest BCUT2D eigenvalue weighted by atomic mass is 127. The third kappa shape index (κ3) is 4.31. The summed E-state index contributed by atoms with van der Waals surface area (Å²) >= 11 is 0. The van der Waals surface area contributed by atoms with E-state index in [9.17, 15) is 0 Å². The normalized spacial score (nSPS) is 19.2. The minimum absolute atomic E-state index is 0. The Morgan fingerprint density at radius 2 is 2.17 bits per heavy atom. The van der Waals surface area contributed by atoms with Crippen LogP contribution in [0, 0.1) is 5.41 Å². The molecule has 2 aliphatic rings. The molecule has 5 heteroatoms. The molecular formula is C18H28IN3O. The minimum Gasteiger partial charge on any atom is -0.497 e. The lowest BCUT2D eigenvalue weighted by Crippen LogP contribution is -2.42. The first-order chi connectivity index (χ1) is 10.7. The number of benzene rings is 1. The first kappa shape index (κ1) is 18.4. The van der Waals surface area contributed by atoms with E-state index in [0.29, 0.717) is 12.0 Å². The van der Waals surface area contributed by atoms with E-state index in [-0.39, 0.29) is 24.0 Å². The Bertz CT molecular complexity index is 543. The van der Waals surface area contributed by atoms with Gasteiger partial charge >= 0.3 is 0 Å². The number of halogens is 1. The van der Waals surface area contributed by atoms with Crippen LogP contribution in [0.3, 0.4) is 0 Å². The molecule has 1 aliphatic carbocycles. The van der Waals surface area contributed by atoms with Crippen molar-refractivity contribution in [2.24, 2.45) is 10.4 Å². The van der Waals surface area contributed by atoms with Gasteiger partial charge in [0.05, 0.1) is 13.7 Å². The summed E-state index contributed by atoms with van der Waals surface area (Å²) in [4.78, 5) is 7.29. The Balaban J connectivity index is 0.00000192. The molecule has 0 amide bonds. The van der Waals surface area contributed by atoms with Crippen LogP contribution in [0.4, 0.5) is 0 Å². The molecule has 2 fully saturated rings. The zero-order chi connectivity index (χ0) is 15.4. The van der Waals surface area contributed by atoms with Crippen LogP contribution in [-0.4, -0.2) is 37.6 Å². The maximum atomic E-state index is 5.28. The molecule has 0 bridgehead atoms. The van der Waals surface area contributed by atoms with Gasteiger partial charge in [0.1, 0.15) is 5.75 Å². The number of rotatable bonds is 4. The summed E-state index contributed by atoms with van der Waals surface area (Å²) in [5.41, 5.74) is 1.79. The van der Waals surface area contributed by atoms with Crippen molar-refractivity contribution in [1.29, 1.82) is 0 Å².